The summed E-state index contributed by atoms with van der Waals surface area (Å²) in [4.78, 5) is 28.8. The van der Waals surface area contributed by atoms with E-state index >= 15 is 0 Å². The molecule has 0 radical (unpaired) electrons. The van der Waals surface area contributed by atoms with Crippen LogP contribution in [0, 0.1) is 0 Å². The van der Waals surface area contributed by atoms with E-state index in [0.717, 1.165) is 10.6 Å². The summed E-state index contributed by atoms with van der Waals surface area (Å²) in [5.41, 5.74) is 0.593. The fourth-order valence-electron chi connectivity index (χ4n) is 2.05. The number of carbonyl (C=O) groups excluding carboxylic acids is 2. The van der Waals surface area contributed by atoms with E-state index in [9.17, 15) is 9.59 Å². The highest BCUT2D eigenvalue weighted by molar-refractivity contribution is 6.21. The topological polar surface area (TPSA) is 55.8 Å². The molecule has 0 bridgehead atoms. The molecule has 1 heterocycles. The molecule has 2 rings (SSSR count). The molecular formula is C15H17NO4. The second kappa shape index (κ2) is 5.36. The zero-order valence-electron chi connectivity index (χ0n) is 11.8. The highest BCUT2D eigenvalue weighted by atomic mass is 16.8. The van der Waals surface area contributed by atoms with Gasteiger partial charge in [-0.15, -0.1) is 0 Å². The average molecular weight is 275 g/mol. The Kier molecular flexibility index (Phi) is 3.79. The lowest BCUT2D eigenvalue weighted by atomic mass is 10.0. The number of hydroxylamine groups is 2. The number of hydrogen-bond acceptors (Lipinski definition) is 4. The van der Waals surface area contributed by atoms with Gasteiger partial charge in [0.05, 0.1) is 12.1 Å². The molecule has 1 aromatic carbocycles. The van der Waals surface area contributed by atoms with Crippen LogP contribution in [0.15, 0.2) is 36.4 Å². The number of hydrogen-bond donors (Lipinski definition) is 0. The number of amides is 1. The third kappa shape index (κ3) is 2.66. The van der Waals surface area contributed by atoms with Gasteiger partial charge in [0.15, 0.2) is 0 Å². The van der Waals surface area contributed by atoms with Crippen LogP contribution < -0.4 is 0 Å². The van der Waals surface area contributed by atoms with E-state index in [4.69, 9.17) is 9.57 Å². The van der Waals surface area contributed by atoms with Gasteiger partial charge in [-0.05, 0) is 32.4 Å². The molecule has 0 aliphatic carbocycles. The third-order valence-corrected chi connectivity index (χ3v) is 2.95. The first-order chi connectivity index (χ1) is 9.45. The van der Waals surface area contributed by atoms with Crippen molar-refractivity contribution in [1.82, 2.24) is 5.06 Å². The summed E-state index contributed by atoms with van der Waals surface area (Å²) in [6.45, 7) is 5.45. The van der Waals surface area contributed by atoms with Gasteiger partial charge in [-0.25, -0.2) is 4.79 Å². The number of carbonyl (C=O) groups is 2. The summed E-state index contributed by atoms with van der Waals surface area (Å²) in [6.07, 6.45) is 0.904. The largest absolute Gasteiger partial charge is 0.533 e. The highest BCUT2D eigenvalue weighted by Crippen LogP contribution is 2.33. The Morgan fingerprint density at radius 2 is 1.90 bits per heavy atom. The monoisotopic (exact) mass is 275 g/mol. The van der Waals surface area contributed by atoms with E-state index < -0.39 is 11.7 Å². The summed E-state index contributed by atoms with van der Waals surface area (Å²) >= 11 is 0. The molecule has 0 aromatic heterocycles. The van der Waals surface area contributed by atoms with Gasteiger partial charge in [-0.3, -0.25) is 4.79 Å². The fourth-order valence-corrected chi connectivity index (χ4v) is 2.05. The average Bonchev–Trinajstić information content (AvgIpc) is 2.64. The molecule has 1 aliphatic rings. The van der Waals surface area contributed by atoms with Crippen LogP contribution in [0.25, 0.3) is 5.57 Å². The molecule has 0 spiro atoms. The molecule has 20 heavy (non-hydrogen) atoms. The van der Waals surface area contributed by atoms with Crippen molar-refractivity contribution in [2.45, 2.75) is 26.3 Å². The van der Waals surface area contributed by atoms with E-state index in [-0.39, 0.29) is 12.5 Å². The SMILES string of the molecule is CCOC(=O)ON1C(=O)C(c2ccccc2)=CC1(C)C. The van der Waals surface area contributed by atoms with Crippen molar-refractivity contribution in [2.24, 2.45) is 0 Å². The summed E-state index contributed by atoms with van der Waals surface area (Å²) in [5, 5.41) is 1.05. The maximum atomic E-state index is 12.4. The standard InChI is InChI=1S/C15H17NO4/c1-4-19-14(18)20-16-13(17)12(10-15(16,2)3)11-8-6-5-7-9-11/h5-10H,4H2,1-3H3. The van der Waals surface area contributed by atoms with Crippen LogP contribution in [0.4, 0.5) is 4.79 Å². The van der Waals surface area contributed by atoms with Crippen LogP contribution in [0.3, 0.4) is 0 Å². The summed E-state index contributed by atoms with van der Waals surface area (Å²) in [7, 11) is 0. The van der Waals surface area contributed by atoms with Gasteiger partial charge in [0.25, 0.3) is 5.91 Å². The quantitative estimate of drug-likeness (QED) is 0.796. The van der Waals surface area contributed by atoms with E-state index in [2.05, 4.69) is 0 Å². The Labute approximate surface area is 117 Å². The lowest BCUT2D eigenvalue weighted by molar-refractivity contribution is -0.180. The van der Waals surface area contributed by atoms with Gasteiger partial charge in [0.1, 0.15) is 0 Å². The lowest BCUT2D eigenvalue weighted by Crippen LogP contribution is -2.43. The molecule has 0 atom stereocenters. The normalized spacial score (nSPS) is 16.9. The number of benzene rings is 1. The Balaban J connectivity index is 2.24. The molecule has 1 amide bonds. The highest BCUT2D eigenvalue weighted by Gasteiger charge is 2.42. The van der Waals surface area contributed by atoms with Gasteiger partial charge in [0, 0.05) is 5.57 Å². The first kappa shape index (κ1) is 14.1. The summed E-state index contributed by atoms with van der Waals surface area (Å²) < 4.78 is 4.71. The predicted molar refractivity (Wildman–Crippen MR) is 73.5 cm³/mol. The van der Waals surface area contributed by atoms with E-state index in [1.165, 1.54) is 0 Å². The first-order valence-corrected chi connectivity index (χ1v) is 6.43. The van der Waals surface area contributed by atoms with Crippen LogP contribution in [0.1, 0.15) is 26.3 Å². The summed E-state index contributed by atoms with van der Waals surface area (Å²) in [6, 6.07) is 9.26. The van der Waals surface area contributed by atoms with Crippen LogP contribution in [0.5, 0.6) is 0 Å². The fraction of sp³-hybridized carbons (Fsp3) is 0.333. The Morgan fingerprint density at radius 1 is 1.25 bits per heavy atom. The second-order valence-corrected chi connectivity index (χ2v) is 4.95. The van der Waals surface area contributed by atoms with Gasteiger partial charge in [0.2, 0.25) is 0 Å². The molecule has 0 fully saturated rings. The van der Waals surface area contributed by atoms with Crippen LogP contribution in [0.2, 0.25) is 0 Å². The minimum Gasteiger partial charge on any atom is -0.433 e. The molecule has 106 valence electrons. The number of nitrogens with zero attached hydrogens (tertiary/aromatic N) is 1. The Morgan fingerprint density at radius 3 is 2.50 bits per heavy atom. The minimum absolute atomic E-state index is 0.195. The van der Waals surface area contributed by atoms with Gasteiger partial charge < -0.3 is 9.57 Å². The lowest BCUT2D eigenvalue weighted by Gasteiger charge is -2.27. The van der Waals surface area contributed by atoms with Crippen molar-refractivity contribution in [1.29, 1.82) is 0 Å². The maximum Gasteiger partial charge on any atom is 0.533 e. The maximum absolute atomic E-state index is 12.4. The number of rotatable bonds is 3. The van der Waals surface area contributed by atoms with Gasteiger partial charge in [-0.2, -0.15) is 5.06 Å². The van der Waals surface area contributed by atoms with E-state index in [1.807, 2.05) is 30.3 Å². The molecule has 5 nitrogen and oxygen atoms in total. The molecule has 0 saturated carbocycles. The number of ether oxygens (including phenoxy) is 1. The molecule has 0 saturated heterocycles. The van der Waals surface area contributed by atoms with E-state index in [0.29, 0.717) is 5.57 Å². The van der Waals surface area contributed by atoms with Crippen LogP contribution >= 0.6 is 0 Å². The smallest absolute Gasteiger partial charge is 0.433 e. The zero-order valence-corrected chi connectivity index (χ0v) is 11.8. The summed E-state index contributed by atoms with van der Waals surface area (Å²) in [5.74, 6) is -0.353. The third-order valence-electron chi connectivity index (χ3n) is 2.95. The Bertz CT molecular complexity index is 548. The van der Waals surface area contributed by atoms with Crippen molar-refractivity contribution in [2.75, 3.05) is 6.61 Å². The van der Waals surface area contributed by atoms with Gasteiger partial charge in [-0.1, -0.05) is 30.3 Å². The molecule has 1 aromatic rings. The zero-order chi connectivity index (χ0) is 14.8. The molecule has 1 aliphatic heterocycles. The Hall–Kier alpha value is -2.30. The van der Waals surface area contributed by atoms with Gasteiger partial charge >= 0.3 is 6.16 Å². The van der Waals surface area contributed by atoms with Crippen molar-refractivity contribution in [3.8, 4) is 0 Å². The van der Waals surface area contributed by atoms with E-state index in [1.54, 1.807) is 26.8 Å². The molecule has 5 heteroatoms. The van der Waals surface area contributed by atoms with Crippen molar-refractivity contribution in [3.05, 3.63) is 42.0 Å². The first-order valence-electron chi connectivity index (χ1n) is 6.43. The molecule has 0 unspecified atom stereocenters. The van der Waals surface area contributed by atoms with Crippen LogP contribution in [-0.4, -0.2) is 29.3 Å². The predicted octanol–water partition coefficient (Wildman–Crippen LogP) is 2.78. The van der Waals surface area contributed by atoms with Crippen molar-refractivity contribution in [3.63, 3.8) is 0 Å². The van der Waals surface area contributed by atoms with Crippen molar-refractivity contribution < 1.29 is 19.2 Å². The molecule has 0 N–H and O–H groups in total. The molecular weight excluding hydrogens is 258 g/mol. The minimum atomic E-state index is -0.878. The van der Waals surface area contributed by atoms with Crippen LogP contribution in [-0.2, 0) is 14.4 Å². The second-order valence-electron chi connectivity index (χ2n) is 4.95. The van der Waals surface area contributed by atoms with Crippen molar-refractivity contribution >= 4 is 17.6 Å².